The van der Waals surface area contributed by atoms with Crippen LogP contribution in [0.4, 0.5) is 5.69 Å². The van der Waals surface area contributed by atoms with E-state index in [4.69, 9.17) is 0 Å². The van der Waals surface area contributed by atoms with Crippen molar-refractivity contribution in [3.63, 3.8) is 0 Å². The normalized spacial score (nSPS) is 12.7. The summed E-state index contributed by atoms with van der Waals surface area (Å²) in [5.74, 6) is 0.560. The Hall–Kier alpha value is -0.0700. The van der Waals surface area contributed by atoms with E-state index >= 15 is 0 Å². The van der Waals surface area contributed by atoms with Gasteiger partial charge in [-0.3, -0.25) is 0 Å². The zero-order valence-electron chi connectivity index (χ0n) is 10.3. The first-order chi connectivity index (χ1) is 8.58. The summed E-state index contributed by atoms with van der Waals surface area (Å²) in [7, 11) is 0. The second-order valence-electron chi connectivity index (χ2n) is 4.51. The molecule has 1 aromatic carbocycles. The predicted octanol–water partition coefficient (Wildman–Crippen LogP) is 5.92. The molecule has 1 unspecified atom stereocenters. The van der Waals surface area contributed by atoms with E-state index in [0.717, 1.165) is 4.47 Å². The second-order valence-corrected chi connectivity index (χ2v) is 7.51. The van der Waals surface area contributed by atoms with Crippen LogP contribution in [0.5, 0.6) is 0 Å². The molecule has 0 aliphatic heterocycles. The van der Waals surface area contributed by atoms with Gasteiger partial charge < -0.3 is 5.32 Å². The maximum atomic E-state index is 3.63. The van der Waals surface area contributed by atoms with E-state index in [-0.39, 0.29) is 0 Å². The summed E-state index contributed by atoms with van der Waals surface area (Å²) in [6.07, 6.45) is 0. The van der Waals surface area contributed by atoms with E-state index in [1.54, 1.807) is 0 Å². The highest BCUT2D eigenvalue weighted by Gasteiger charge is 2.16. The fourth-order valence-corrected chi connectivity index (χ4v) is 3.51. The monoisotopic (exact) mass is 435 g/mol. The highest BCUT2D eigenvalue weighted by molar-refractivity contribution is 14.1. The van der Waals surface area contributed by atoms with Crippen molar-refractivity contribution in [3.8, 4) is 0 Å². The predicted molar refractivity (Wildman–Crippen MR) is 92.4 cm³/mol. The highest BCUT2D eigenvalue weighted by Crippen LogP contribution is 2.31. The highest BCUT2D eigenvalue weighted by atomic mass is 127. The molecule has 2 aromatic rings. The van der Waals surface area contributed by atoms with Crippen LogP contribution < -0.4 is 5.32 Å². The SMILES string of the molecule is CC(C)C(Nc1ccc(Br)c(I)c1)c1cccs1. The molecular weight excluding hydrogens is 421 g/mol. The number of halogens is 2. The molecule has 1 nitrogen and oxygen atoms in total. The Kier molecular flexibility index (Phi) is 5.09. The van der Waals surface area contributed by atoms with Crippen molar-refractivity contribution in [2.45, 2.75) is 19.9 Å². The van der Waals surface area contributed by atoms with Gasteiger partial charge in [-0.25, -0.2) is 0 Å². The van der Waals surface area contributed by atoms with E-state index in [1.807, 2.05) is 11.3 Å². The van der Waals surface area contributed by atoms with Crippen LogP contribution in [-0.2, 0) is 0 Å². The first-order valence-corrected chi connectivity index (χ1v) is 8.58. The summed E-state index contributed by atoms with van der Waals surface area (Å²) in [6, 6.07) is 11.1. The van der Waals surface area contributed by atoms with Crippen molar-refractivity contribution in [1.82, 2.24) is 0 Å². The number of nitrogens with one attached hydrogen (secondary N) is 1. The minimum absolute atomic E-state index is 0.377. The fraction of sp³-hybridized carbons (Fsp3) is 0.286. The standard InChI is InChI=1S/C14H15BrINS/c1-9(2)14(13-4-3-7-18-13)17-10-5-6-11(15)12(16)8-10/h3-9,14,17H,1-2H3. The van der Waals surface area contributed by atoms with E-state index in [0.29, 0.717) is 12.0 Å². The lowest BCUT2D eigenvalue weighted by molar-refractivity contribution is 0.554. The van der Waals surface area contributed by atoms with Crippen molar-refractivity contribution in [1.29, 1.82) is 0 Å². The molecule has 0 aliphatic rings. The Morgan fingerprint density at radius 2 is 2.06 bits per heavy atom. The summed E-state index contributed by atoms with van der Waals surface area (Å²) < 4.78 is 2.37. The van der Waals surface area contributed by atoms with Gasteiger partial charge in [-0.15, -0.1) is 11.3 Å². The molecule has 0 bridgehead atoms. The maximum Gasteiger partial charge on any atom is 0.0629 e. The average Bonchev–Trinajstić information content (AvgIpc) is 2.83. The lowest BCUT2D eigenvalue weighted by atomic mass is 10.0. The molecule has 96 valence electrons. The Balaban J connectivity index is 2.21. The Morgan fingerprint density at radius 3 is 2.61 bits per heavy atom. The molecule has 4 heteroatoms. The summed E-state index contributed by atoms with van der Waals surface area (Å²) in [4.78, 5) is 1.39. The van der Waals surface area contributed by atoms with E-state index in [2.05, 4.69) is 93.4 Å². The lowest BCUT2D eigenvalue weighted by Gasteiger charge is -2.22. The smallest absolute Gasteiger partial charge is 0.0629 e. The number of hydrogen-bond donors (Lipinski definition) is 1. The minimum Gasteiger partial charge on any atom is -0.377 e. The van der Waals surface area contributed by atoms with Crippen LogP contribution in [0.15, 0.2) is 40.2 Å². The molecule has 18 heavy (non-hydrogen) atoms. The summed E-state index contributed by atoms with van der Waals surface area (Å²) in [5, 5.41) is 5.77. The maximum absolute atomic E-state index is 3.63. The number of anilines is 1. The lowest BCUT2D eigenvalue weighted by Crippen LogP contribution is -2.15. The van der Waals surface area contributed by atoms with Crippen LogP contribution in [0.2, 0.25) is 0 Å². The Labute approximate surface area is 134 Å². The van der Waals surface area contributed by atoms with Gasteiger partial charge in [0, 0.05) is 18.6 Å². The van der Waals surface area contributed by atoms with Crippen molar-refractivity contribution in [3.05, 3.63) is 48.6 Å². The van der Waals surface area contributed by atoms with Gasteiger partial charge in [0.05, 0.1) is 6.04 Å². The molecule has 0 fully saturated rings. The zero-order chi connectivity index (χ0) is 13.1. The van der Waals surface area contributed by atoms with Gasteiger partial charge in [0.25, 0.3) is 0 Å². The fourth-order valence-electron chi connectivity index (χ4n) is 1.80. The van der Waals surface area contributed by atoms with Gasteiger partial charge in [0.1, 0.15) is 0 Å². The molecule has 0 saturated heterocycles. The molecule has 1 N–H and O–H groups in total. The average molecular weight is 436 g/mol. The second kappa shape index (κ2) is 6.39. The third kappa shape index (κ3) is 3.48. The molecule has 0 spiro atoms. The minimum atomic E-state index is 0.377. The van der Waals surface area contributed by atoms with Crippen molar-refractivity contribution in [2.75, 3.05) is 5.32 Å². The molecule has 2 rings (SSSR count). The molecule has 1 atom stereocenters. The number of rotatable bonds is 4. The van der Waals surface area contributed by atoms with E-state index in [1.165, 1.54) is 14.1 Å². The van der Waals surface area contributed by atoms with Crippen LogP contribution in [-0.4, -0.2) is 0 Å². The Bertz CT molecular complexity index is 511. The molecule has 0 radical (unpaired) electrons. The van der Waals surface area contributed by atoms with Crippen LogP contribution in [0, 0.1) is 9.49 Å². The molecule has 0 amide bonds. The third-order valence-corrected chi connectivity index (χ3v) is 6.04. The molecular formula is C14H15BrINS. The first-order valence-electron chi connectivity index (χ1n) is 5.83. The van der Waals surface area contributed by atoms with E-state index in [9.17, 15) is 0 Å². The zero-order valence-corrected chi connectivity index (χ0v) is 14.8. The summed E-state index contributed by atoms with van der Waals surface area (Å²) in [6.45, 7) is 4.50. The van der Waals surface area contributed by atoms with Crippen LogP contribution >= 0.6 is 49.9 Å². The number of benzene rings is 1. The first kappa shape index (κ1) is 14.3. The summed E-state index contributed by atoms with van der Waals surface area (Å²) in [5.41, 5.74) is 1.18. The quantitative estimate of drug-likeness (QED) is 0.587. The van der Waals surface area contributed by atoms with Gasteiger partial charge in [-0.1, -0.05) is 19.9 Å². The molecule has 0 saturated carbocycles. The van der Waals surface area contributed by atoms with Crippen LogP contribution in [0.25, 0.3) is 0 Å². The topological polar surface area (TPSA) is 12.0 Å². The Morgan fingerprint density at radius 1 is 1.28 bits per heavy atom. The number of hydrogen-bond acceptors (Lipinski definition) is 2. The van der Waals surface area contributed by atoms with Gasteiger partial charge >= 0.3 is 0 Å². The van der Waals surface area contributed by atoms with Gasteiger partial charge in [-0.05, 0) is 74.1 Å². The van der Waals surface area contributed by atoms with E-state index < -0.39 is 0 Å². The van der Waals surface area contributed by atoms with Crippen molar-refractivity contribution < 1.29 is 0 Å². The molecule has 1 heterocycles. The molecule has 1 aromatic heterocycles. The summed E-state index contributed by atoms with van der Waals surface area (Å²) >= 11 is 7.69. The van der Waals surface area contributed by atoms with Gasteiger partial charge in [0.15, 0.2) is 0 Å². The number of thiophene rings is 1. The van der Waals surface area contributed by atoms with Crippen LogP contribution in [0.3, 0.4) is 0 Å². The van der Waals surface area contributed by atoms with Crippen molar-refractivity contribution >= 4 is 55.5 Å². The largest absolute Gasteiger partial charge is 0.377 e. The van der Waals surface area contributed by atoms with Crippen molar-refractivity contribution in [2.24, 2.45) is 5.92 Å². The van der Waals surface area contributed by atoms with Gasteiger partial charge in [-0.2, -0.15) is 0 Å². The van der Waals surface area contributed by atoms with Gasteiger partial charge in [0.2, 0.25) is 0 Å². The molecule has 0 aliphatic carbocycles. The van der Waals surface area contributed by atoms with Crippen LogP contribution in [0.1, 0.15) is 24.8 Å². The third-order valence-electron chi connectivity index (χ3n) is 2.76.